The van der Waals surface area contributed by atoms with Crippen molar-refractivity contribution in [2.75, 3.05) is 16.8 Å². The molecule has 0 radical (unpaired) electrons. The molecule has 0 spiro atoms. The molecule has 4 N–H and O–H groups in total. The number of nitrogens with one attached hydrogen (secondary N) is 2. The normalized spacial score (nSPS) is 11.6. The number of carbonyl (C=O) groups is 1. The highest BCUT2D eigenvalue weighted by atomic mass is 32.2. The number of hydrogen-bond acceptors (Lipinski definition) is 7. The zero-order valence-corrected chi connectivity index (χ0v) is 16.3. The van der Waals surface area contributed by atoms with Gasteiger partial charge in [-0.05, 0) is 24.6 Å². The first-order chi connectivity index (χ1) is 13.6. The lowest BCUT2D eigenvalue weighted by Crippen LogP contribution is -2.28. The lowest BCUT2D eigenvalue weighted by Gasteiger charge is -2.14. The average Bonchev–Trinajstić information content (AvgIpc) is 2.69. The van der Waals surface area contributed by atoms with Crippen LogP contribution in [0.5, 0.6) is 0 Å². The maximum Gasteiger partial charge on any atom is 0.232 e. The van der Waals surface area contributed by atoms with Crippen LogP contribution in [0, 0.1) is 0 Å². The van der Waals surface area contributed by atoms with Gasteiger partial charge in [0, 0.05) is 5.69 Å². The van der Waals surface area contributed by atoms with Crippen LogP contribution in [0.2, 0.25) is 0 Å². The maximum absolute atomic E-state index is 12.2. The van der Waals surface area contributed by atoms with Crippen LogP contribution in [-0.4, -0.2) is 26.6 Å². The highest BCUT2D eigenvalue weighted by Crippen LogP contribution is 2.16. The molecular weight excluding hydrogens is 372 g/mol. The first kappa shape index (κ1) is 19.6. The number of rotatable bonds is 8. The molecule has 0 saturated carbocycles. The Labute approximate surface area is 168 Å². The van der Waals surface area contributed by atoms with Crippen LogP contribution in [0.4, 0.5) is 17.6 Å². The summed E-state index contributed by atoms with van der Waals surface area (Å²) in [5, 5.41) is 6.09. The van der Waals surface area contributed by atoms with Gasteiger partial charge in [0.1, 0.15) is 5.82 Å². The molecule has 1 amide bonds. The van der Waals surface area contributed by atoms with E-state index >= 15 is 0 Å². The summed E-state index contributed by atoms with van der Waals surface area (Å²) in [6.45, 7) is 1.96. The predicted molar refractivity (Wildman–Crippen MR) is 113 cm³/mol. The van der Waals surface area contributed by atoms with Crippen molar-refractivity contribution in [1.82, 2.24) is 20.3 Å². The molecular formula is C20H22N6OS. The molecule has 3 rings (SSSR count). The number of nitrogens with zero attached hydrogens (tertiary/aromatic N) is 3. The highest BCUT2D eigenvalue weighted by molar-refractivity contribution is 7.99. The summed E-state index contributed by atoms with van der Waals surface area (Å²) in [5.41, 5.74) is 7.72. The molecule has 28 heavy (non-hydrogen) atoms. The first-order valence-corrected chi connectivity index (χ1v) is 10.00. The van der Waals surface area contributed by atoms with Crippen molar-refractivity contribution in [3.63, 3.8) is 0 Å². The Hall–Kier alpha value is -3.13. The standard InChI is InChI=1S/C20H22N6OS/c1-14(15-8-4-2-5-9-15)22-18(27)13-28-12-17-24-19(21)26-20(25-17)23-16-10-6-3-7-11-16/h2-11,14H,12-13H2,1H3,(H,22,27)(H3,21,23,24,25,26)/t14-/m0/s1. The molecule has 0 aliphatic rings. The molecule has 0 unspecified atom stereocenters. The molecule has 0 saturated heterocycles. The molecule has 0 bridgehead atoms. The summed E-state index contributed by atoms with van der Waals surface area (Å²) >= 11 is 1.43. The molecule has 7 nitrogen and oxygen atoms in total. The molecule has 3 aromatic rings. The van der Waals surface area contributed by atoms with E-state index in [0.717, 1.165) is 11.3 Å². The van der Waals surface area contributed by atoms with E-state index in [1.807, 2.05) is 67.6 Å². The van der Waals surface area contributed by atoms with Crippen molar-refractivity contribution in [3.05, 3.63) is 72.1 Å². The van der Waals surface area contributed by atoms with Crippen LogP contribution in [-0.2, 0) is 10.5 Å². The number of carbonyl (C=O) groups excluding carboxylic acids is 1. The monoisotopic (exact) mass is 394 g/mol. The molecule has 0 aliphatic carbocycles. The van der Waals surface area contributed by atoms with Crippen molar-refractivity contribution >= 4 is 35.3 Å². The van der Waals surface area contributed by atoms with E-state index in [1.54, 1.807) is 0 Å². The maximum atomic E-state index is 12.2. The second kappa shape index (κ2) is 9.70. The van der Waals surface area contributed by atoms with Crippen LogP contribution in [0.25, 0.3) is 0 Å². The largest absolute Gasteiger partial charge is 0.368 e. The molecule has 8 heteroatoms. The molecule has 2 aromatic carbocycles. The third-order valence-corrected chi connectivity index (χ3v) is 4.80. The topological polar surface area (TPSA) is 106 Å². The molecule has 1 aromatic heterocycles. The van der Waals surface area contributed by atoms with Gasteiger partial charge in [0.25, 0.3) is 0 Å². The van der Waals surface area contributed by atoms with E-state index in [2.05, 4.69) is 25.6 Å². The second-order valence-corrected chi connectivity index (χ2v) is 7.10. The van der Waals surface area contributed by atoms with Crippen molar-refractivity contribution < 1.29 is 4.79 Å². The minimum Gasteiger partial charge on any atom is -0.368 e. The number of anilines is 3. The number of hydrogen-bond donors (Lipinski definition) is 3. The van der Waals surface area contributed by atoms with E-state index in [-0.39, 0.29) is 17.9 Å². The third kappa shape index (κ3) is 5.95. The molecule has 1 heterocycles. The Balaban J connectivity index is 1.51. The molecule has 1 atom stereocenters. The van der Waals surface area contributed by atoms with Gasteiger partial charge >= 0.3 is 0 Å². The number of thioether (sulfide) groups is 1. The molecule has 0 fully saturated rings. The van der Waals surface area contributed by atoms with Crippen molar-refractivity contribution in [3.8, 4) is 0 Å². The number of benzene rings is 2. The number of amides is 1. The van der Waals surface area contributed by atoms with E-state index < -0.39 is 0 Å². The lowest BCUT2D eigenvalue weighted by molar-refractivity contribution is -0.119. The van der Waals surface area contributed by atoms with Gasteiger partial charge < -0.3 is 16.4 Å². The first-order valence-electron chi connectivity index (χ1n) is 8.84. The van der Waals surface area contributed by atoms with E-state index in [4.69, 9.17) is 5.73 Å². The minimum absolute atomic E-state index is 0.0361. The van der Waals surface area contributed by atoms with E-state index in [0.29, 0.717) is 23.3 Å². The lowest BCUT2D eigenvalue weighted by atomic mass is 10.1. The summed E-state index contributed by atoms with van der Waals surface area (Å²) in [4.78, 5) is 24.8. The number of nitrogens with two attached hydrogens (primary N) is 1. The van der Waals surface area contributed by atoms with E-state index in [9.17, 15) is 4.79 Å². The summed E-state index contributed by atoms with van der Waals surface area (Å²) in [5.74, 6) is 1.79. The van der Waals surface area contributed by atoms with Crippen LogP contribution in [0.1, 0.15) is 24.4 Å². The van der Waals surface area contributed by atoms with Crippen molar-refractivity contribution in [2.24, 2.45) is 0 Å². The van der Waals surface area contributed by atoms with Crippen LogP contribution in [0.15, 0.2) is 60.7 Å². The fourth-order valence-corrected chi connectivity index (χ4v) is 3.23. The third-order valence-electron chi connectivity index (χ3n) is 3.87. The summed E-state index contributed by atoms with van der Waals surface area (Å²) in [7, 11) is 0. The Morgan fingerprint density at radius 3 is 2.43 bits per heavy atom. The summed E-state index contributed by atoms with van der Waals surface area (Å²) in [6.07, 6.45) is 0. The Morgan fingerprint density at radius 1 is 1.04 bits per heavy atom. The van der Waals surface area contributed by atoms with Gasteiger partial charge in [0.2, 0.25) is 17.8 Å². The van der Waals surface area contributed by atoms with Crippen LogP contribution in [0.3, 0.4) is 0 Å². The van der Waals surface area contributed by atoms with Gasteiger partial charge in [0.15, 0.2) is 0 Å². The van der Waals surface area contributed by atoms with Gasteiger partial charge in [-0.15, -0.1) is 11.8 Å². The van der Waals surface area contributed by atoms with Gasteiger partial charge in [-0.25, -0.2) is 0 Å². The summed E-state index contributed by atoms with van der Waals surface area (Å²) in [6, 6.07) is 19.4. The van der Waals surface area contributed by atoms with Gasteiger partial charge in [-0.2, -0.15) is 15.0 Å². The Morgan fingerprint density at radius 2 is 1.71 bits per heavy atom. The fraction of sp³-hybridized carbons (Fsp3) is 0.200. The number of aromatic nitrogens is 3. The van der Waals surface area contributed by atoms with Gasteiger partial charge in [-0.1, -0.05) is 48.5 Å². The average molecular weight is 395 g/mol. The Bertz CT molecular complexity index is 907. The zero-order valence-electron chi connectivity index (χ0n) is 15.5. The van der Waals surface area contributed by atoms with Crippen LogP contribution >= 0.6 is 11.8 Å². The summed E-state index contributed by atoms with van der Waals surface area (Å²) < 4.78 is 0. The van der Waals surface area contributed by atoms with Gasteiger partial charge in [0.05, 0.1) is 17.5 Å². The highest BCUT2D eigenvalue weighted by Gasteiger charge is 2.10. The quantitative estimate of drug-likeness (QED) is 0.538. The van der Waals surface area contributed by atoms with Crippen molar-refractivity contribution in [1.29, 1.82) is 0 Å². The number of nitrogen functional groups attached to an aromatic ring is 1. The Kier molecular flexibility index (Phi) is 6.80. The van der Waals surface area contributed by atoms with E-state index in [1.165, 1.54) is 11.8 Å². The smallest absolute Gasteiger partial charge is 0.232 e. The number of para-hydroxylation sites is 1. The predicted octanol–water partition coefficient (Wildman–Crippen LogP) is 3.31. The van der Waals surface area contributed by atoms with Crippen molar-refractivity contribution in [2.45, 2.75) is 18.7 Å². The van der Waals surface area contributed by atoms with Crippen LogP contribution < -0.4 is 16.4 Å². The SMILES string of the molecule is C[C@H](NC(=O)CSCc1nc(N)nc(Nc2ccccc2)n1)c1ccccc1. The zero-order chi connectivity index (χ0) is 19.8. The fourth-order valence-electron chi connectivity index (χ4n) is 2.55. The van der Waals surface area contributed by atoms with Gasteiger partial charge in [-0.3, -0.25) is 4.79 Å². The minimum atomic E-state index is -0.0382. The molecule has 144 valence electrons. The second-order valence-electron chi connectivity index (χ2n) is 6.12. The molecule has 0 aliphatic heterocycles.